The minimum Gasteiger partial charge on any atom is -0.483 e. The molecule has 0 aliphatic heterocycles. The average molecular weight is 489 g/mol. The second-order valence-corrected chi connectivity index (χ2v) is 8.21. The first-order valence-corrected chi connectivity index (χ1v) is 11.7. The predicted molar refractivity (Wildman–Crippen MR) is 138 cm³/mol. The lowest BCUT2D eigenvalue weighted by Crippen LogP contribution is -2.42. The number of carbonyl (C=O) groups excluding carboxylic acids is 1. The number of furan rings is 1. The summed E-state index contributed by atoms with van der Waals surface area (Å²) in [5.41, 5.74) is 6.56. The fraction of sp³-hybridized carbons (Fsp3) is 0.222. The summed E-state index contributed by atoms with van der Waals surface area (Å²) >= 11 is 0. The molecule has 0 saturated heterocycles. The van der Waals surface area contributed by atoms with Gasteiger partial charge in [-0.15, -0.1) is 0 Å². The highest BCUT2D eigenvalue weighted by Gasteiger charge is 2.26. The average Bonchev–Trinajstić information content (AvgIpc) is 3.40. The standard InChI is InChI=1S/C27H28N4O5/c1-2-3-15-30-25(28)24(26(33)29-27(30)34)31(17-20-12-9-16-35-20)23(32)18-36-22-14-8-7-13-21(22)19-10-5-4-6-11-19/h4-14,16H,2-3,15,17-18,28H2,1H3,(H,29,33,34). The molecule has 0 saturated carbocycles. The second kappa shape index (κ2) is 11.3. The molecule has 0 bridgehead atoms. The van der Waals surface area contributed by atoms with E-state index < -0.39 is 17.2 Å². The van der Waals surface area contributed by atoms with E-state index in [1.54, 1.807) is 18.2 Å². The number of H-pyrrole nitrogens is 1. The van der Waals surface area contributed by atoms with Crippen LogP contribution in [0.25, 0.3) is 11.1 Å². The number of amides is 1. The van der Waals surface area contributed by atoms with E-state index in [-0.39, 0.29) is 24.7 Å². The van der Waals surface area contributed by atoms with Crippen molar-refractivity contribution in [3.63, 3.8) is 0 Å². The number of aromatic amines is 1. The van der Waals surface area contributed by atoms with E-state index in [1.165, 1.54) is 15.7 Å². The van der Waals surface area contributed by atoms with Crippen LogP contribution in [0.1, 0.15) is 25.5 Å². The maximum atomic E-state index is 13.5. The van der Waals surface area contributed by atoms with Crippen LogP contribution in [0.4, 0.5) is 11.5 Å². The van der Waals surface area contributed by atoms with E-state index in [4.69, 9.17) is 14.9 Å². The Morgan fingerprint density at radius 2 is 1.81 bits per heavy atom. The molecular formula is C27H28N4O5. The molecule has 186 valence electrons. The van der Waals surface area contributed by atoms with Gasteiger partial charge in [-0.25, -0.2) is 4.79 Å². The fourth-order valence-corrected chi connectivity index (χ4v) is 3.89. The van der Waals surface area contributed by atoms with Crippen molar-refractivity contribution in [1.82, 2.24) is 9.55 Å². The van der Waals surface area contributed by atoms with E-state index in [0.29, 0.717) is 24.5 Å². The first-order valence-electron chi connectivity index (χ1n) is 11.7. The van der Waals surface area contributed by atoms with Crippen molar-refractivity contribution < 1.29 is 13.9 Å². The summed E-state index contributed by atoms with van der Waals surface area (Å²) in [6.45, 7) is 1.87. The van der Waals surface area contributed by atoms with Crippen molar-refractivity contribution in [2.75, 3.05) is 17.2 Å². The Morgan fingerprint density at radius 1 is 1.06 bits per heavy atom. The molecule has 0 atom stereocenters. The number of nitrogens with two attached hydrogens (primary N) is 1. The number of anilines is 2. The topological polar surface area (TPSA) is 124 Å². The van der Waals surface area contributed by atoms with Gasteiger partial charge in [-0.2, -0.15) is 0 Å². The van der Waals surface area contributed by atoms with Gasteiger partial charge in [-0.3, -0.25) is 24.0 Å². The van der Waals surface area contributed by atoms with Gasteiger partial charge < -0.3 is 14.9 Å². The minimum absolute atomic E-state index is 0.0607. The second-order valence-electron chi connectivity index (χ2n) is 8.21. The van der Waals surface area contributed by atoms with Crippen LogP contribution in [-0.4, -0.2) is 22.1 Å². The Morgan fingerprint density at radius 3 is 2.53 bits per heavy atom. The lowest BCUT2D eigenvalue weighted by atomic mass is 10.1. The summed E-state index contributed by atoms with van der Waals surface area (Å²) in [7, 11) is 0. The number of nitrogens with one attached hydrogen (secondary N) is 1. The normalized spacial score (nSPS) is 10.8. The summed E-state index contributed by atoms with van der Waals surface area (Å²) in [4.78, 5) is 42.2. The Bertz CT molecular complexity index is 1420. The Kier molecular flexibility index (Phi) is 7.69. The number of nitrogen functional groups attached to an aromatic ring is 1. The van der Waals surface area contributed by atoms with Gasteiger partial charge in [0.2, 0.25) is 0 Å². The first-order chi connectivity index (χ1) is 17.5. The molecule has 2 heterocycles. The Balaban J connectivity index is 1.67. The van der Waals surface area contributed by atoms with Crippen LogP contribution in [0.15, 0.2) is 87.0 Å². The zero-order valence-electron chi connectivity index (χ0n) is 20.0. The van der Waals surface area contributed by atoms with Crippen LogP contribution in [0.2, 0.25) is 0 Å². The molecule has 3 N–H and O–H groups in total. The van der Waals surface area contributed by atoms with Crippen molar-refractivity contribution >= 4 is 17.4 Å². The Hall–Kier alpha value is -4.53. The number of para-hydroxylation sites is 1. The number of nitrogens with zero attached hydrogens (tertiary/aromatic N) is 2. The molecule has 36 heavy (non-hydrogen) atoms. The summed E-state index contributed by atoms with van der Waals surface area (Å²) in [6.07, 6.45) is 2.98. The molecule has 9 nitrogen and oxygen atoms in total. The maximum absolute atomic E-state index is 13.5. The van der Waals surface area contributed by atoms with Crippen LogP contribution < -0.4 is 26.6 Å². The van der Waals surface area contributed by atoms with Crippen molar-refractivity contribution in [3.05, 3.63) is 99.6 Å². The molecule has 1 amide bonds. The van der Waals surface area contributed by atoms with Crippen molar-refractivity contribution in [2.24, 2.45) is 0 Å². The molecular weight excluding hydrogens is 460 g/mol. The highest BCUT2D eigenvalue weighted by Crippen LogP contribution is 2.30. The molecule has 2 aromatic heterocycles. The predicted octanol–water partition coefficient (Wildman–Crippen LogP) is 3.79. The van der Waals surface area contributed by atoms with Crippen LogP contribution in [-0.2, 0) is 17.9 Å². The van der Waals surface area contributed by atoms with Crippen molar-refractivity contribution in [1.29, 1.82) is 0 Å². The molecule has 9 heteroatoms. The van der Waals surface area contributed by atoms with Gasteiger partial charge in [0.1, 0.15) is 17.3 Å². The Labute approximate surface area is 207 Å². The third-order valence-electron chi connectivity index (χ3n) is 5.74. The van der Waals surface area contributed by atoms with Crippen molar-refractivity contribution in [3.8, 4) is 16.9 Å². The van der Waals surface area contributed by atoms with Crippen LogP contribution >= 0.6 is 0 Å². The molecule has 4 aromatic rings. The smallest absolute Gasteiger partial charge is 0.330 e. The van der Waals surface area contributed by atoms with Gasteiger partial charge in [0.05, 0.1) is 12.8 Å². The van der Waals surface area contributed by atoms with E-state index in [9.17, 15) is 14.4 Å². The SMILES string of the molecule is CCCCn1c(N)c(N(Cc2ccco2)C(=O)COc2ccccc2-c2ccccc2)c(=O)[nH]c1=O. The molecule has 2 aromatic carbocycles. The summed E-state index contributed by atoms with van der Waals surface area (Å²) < 4.78 is 12.6. The molecule has 0 unspecified atom stereocenters. The zero-order valence-corrected chi connectivity index (χ0v) is 20.0. The van der Waals surface area contributed by atoms with Gasteiger partial charge in [0.15, 0.2) is 12.3 Å². The summed E-state index contributed by atoms with van der Waals surface area (Å²) in [5, 5.41) is 0. The van der Waals surface area contributed by atoms with Crippen LogP contribution in [0.5, 0.6) is 5.75 Å². The summed E-state index contributed by atoms with van der Waals surface area (Å²) in [5.74, 6) is 0.358. The monoisotopic (exact) mass is 488 g/mol. The number of rotatable bonds is 10. The lowest BCUT2D eigenvalue weighted by Gasteiger charge is -2.24. The molecule has 4 rings (SSSR count). The number of benzene rings is 2. The summed E-state index contributed by atoms with van der Waals surface area (Å²) in [6, 6.07) is 20.4. The quantitative estimate of drug-likeness (QED) is 0.350. The van der Waals surface area contributed by atoms with Crippen molar-refractivity contribution in [2.45, 2.75) is 32.9 Å². The van der Waals surface area contributed by atoms with Gasteiger partial charge in [0, 0.05) is 12.1 Å². The molecule has 0 aliphatic carbocycles. The number of unbranched alkanes of at least 4 members (excludes halogenated alkanes) is 1. The van der Waals surface area contributed by atoms with E-state index >= 15 is 0 Å². The molecule has 0 radical (unpaired) electrons. The largest absolute Gasteiger partial charge is 0.483 e. The number of carbonyl (C=O) groups is 1. The van der Waals surface area contributed by atoms with E-state index in [0.717, 1.165) is 17.5 Å². The fourth-order valence-electron chi connectivity index (χ4n) is 3.89. The number of hydrogen-bond donors (Lipinski definition) is 2. The van der Waals surface area contributed by atoms with Crippen LogP contribution in [0.3, 0.4) is 0 Å². The van der Waals surface area contributed by atoms with E-state index in [1.807, 2.05) is 55.5 Å². The van der Waals surface area contributed by atoms with Gasteiger partial charge in [0.25, 0.3) is 11.5 Å². The minimum atomic E-state index is -0.755. The van der Waals surface area contributed by atoms with Gasteiger partial charge in [-0.1, -0.05) is 61.9 Å². The van der Waals surface area contributed by atoms with Crippen LogP contribution in [0, 0.1) is 0 Å². The maximum Gasteiger partial charge on any atom is 0.330 e. The number of aromatic nitrogens is 2. The number of hydrogen-bond acceptors (Lipinski definition) is 6. The number of ether oxygens (including phenoxy) is 1. The molecule has 0 spiro atoms. The van der Waals surface area contributed by atoms with E-state index in [2.05, 4.69) is 4.98 Å². The highest BCUT2D eigenvalue weighted by atomic mass is 16.5. The molecule has 0 fully saturated rings. The zero-order chi connectivity index (χ0) is 25.5. The van der Waals surface area contributed by atoms with Gasteiger partial charge in [-0.05, 0) is 30.2 Å². The lowest BCUT2D eigenvalue weighted by molar-refractivity contribution is -0.120. The van der Waals surface area contributed by atoms with Gasteiger partial charge >= 0.3 is 5.69 Å². The molecule has 0 aliphatic rings. The first kappa shape index (κ1) is 24.6. The third-order valence-corrected chi connectivity index (χ3v) is 5.74. The third kappa shape index (κ3) is 5.41. The highest BCUT2D eigenvalue weighted by molar-refractivity contribution is 5.96.